The number of hydrogen-bond acceptors (Lipinski definition) is 3. The van der Waals surface area contributed by atoms with Gasteiger partial charge in [0.15, 0.2) is 0 Å². The second kappa shape index (κ2) is 7.14. The third-order valence-corrected chi connectivity index (χ3v) is 3.34. The highest BCUT2D eigenvalue weighted by atomic mass is 15.3. The van der Waals surface area contributed by atoms with Crippen molar-refractivity contribution >= 4 is 0 Å². The van der Waals surface area contributed by atoms with E-state index in [0.717, 1.165) is 13.1 Å². The molecule has 0 spiro atoms. The van der Waals surface area contributed by atoms with Crippen molar-refractivity contribution in [1.29, 1.82) is 0 Å². The predicted octanol–water partition coefficient (Wildman–Crippen LogP) is 1.57. The average Bonchev–Trinajstić information content (AvgIpc) is 2.27. The lowest BCUT2D eigenvalue weighted by atomic mass is 10.2. The fourth-order valence-corrected chi connectivity index (χ4v) is 2.16. The van der Waals surface area contributed by atoms with Crippen LogP contribution in [0.2, 0.25) is 0 Å². The molecule has 0 bridgehead atoms. The molecule has 0 saturated carbocycles. The number of nitrogens with zero attached hydrogens (tertiary/aromatic N) is 2. The van der Waals surface area contributed by atoms with Crippen molar-refractivity contribution in [2.75, 3.05) is 39.3 Å². The SMILES string of the molecule is C=C(CNC(C)C)CN1CCN(C(C)C)CC1. The second-order valence-electron chi connectivity index (χ2n) is 5.69. The summed E-state index contributed by atoms with van der Waals surface area (Å²) in [6.45, 7) is 19.8. The molecule has 0 aromatic rings. The Morgan fingerprint density at radius 2 is 1.71 bits per heavy atom. The van der Waals surface area contributed by atoms with Crippen LogP contribution in [0.4, 0.5) is 0 Å². The molecule has 0 radical (unpaired) electrons. The molecule has 17 heavy (non-hydrogen) atoms. The maximum Gasteiger partial charge on any atom is 0.0203 e. The molecule has 0 atom stereocenters. The molecule has 1 saturated heterocycles. The van der Waals surface area contributed by atoms with E-state index in [0.29, 0.717) is 12.1 Å². The van der Waals surface area contributed by atoms with E-state index in [9.17, 15) is 0 Å². The molecule has 0 unspecified atom stereocenters. The van der Waals surface area contributed by atoms with Crippen molar-refractivity contribution in [2.45, 2.75) is 39.8 Å². The van der Waals surface area contributed by atoms with Crippen molar-refractivity contribution in [3.05, 3.63) is 12.2 Å². The lowest BCUT2D eigenvalue weighted by Gasteiger charge is -2.37. The molecule has 1 aliphatic heterocycles. The van der Waals surface area contributed by atoms with Crippen LogP contribution in [0.5, 0.6) is 0 Å². The third-order valence-electron chi connectivity index (χ3n) is 3.34. The highest BCUT2D eigenvalue weighted by molar-refractivity contribution is 5.00. The maximum absolute atomic E-state index is 4.16. The molecule has 3 heteroatoms. The number of nitrogens with one attached hydrogen (secondary N) is 1. The molecule has 1 aliphatic rings. The van der Waals surface area contributed by atoms with Crippen molar-refractivity contribution in [1.82, 2.24) is 15.1 Å². The number of rotatable bonds is 6. The summed E-state index contributed by atoms with van der Waals surface area (Å²) in [6.07, 6.45) is 0. The van der Waals surface area contributed by atoms with E-state index in [-0.39, 0.29) is 0 Å². The standard InChI is InChI=1S/C14H29N3/c1-12(2)15-10-14(5)11-16-6-8-17(9-7-16)13(3)4/h12-13,15H,5-11H2,1-4H3. The number of hydrogen-bond donors (Lipinski definition) is 1. The Morgan fingerprint density at radius 1 is 1.12 bits per heavy atom. The lowest BCUT2D eigenvalue weighted by molar-refractivity contribution is 0.114. The summed E-state index contributed by atoms with van der Waals surface area (Å²) in [6, 6.07) is 1.23. The molecule has 0 amide bonds. The van der Waals surface area contributed by atoms with Gasteiger partial charge in [-0.2, -0.15) is 0 Å². The van der Waals surface area contributed by atoms with Crippen molar-refractivity contribution < 1.29 is 0 Å². The van der Waals surface area contributed by atoms with Gasteiger partial charge in [-0.3, -0.25) is 9.80 Å². The molecular formula is C14H29N3. The molecular weight excluding hydrogens is 210 g/mol. The summed E-state index contributed by atoms with van der Waals surface area (Å²) >= 11 is 0. The highest BCUT2D eigenvalue weighted by Crippen LogP contribution is 2.07. The summed E-state index contributed by atoms with van der Waals surface area (Å²) in [5.41, 5.74) is 1.30. The van der Waals surface area contributed by atoms with E-state index < -0.39 is 0 Å². The highest BCUT2D eigenvalue weighted by Gasteiger charge is 2.18. The zero-order valence-corrected chi connectivity index (χ0v) is 12.0. The molecule has 3 nitrogen and oxygen atoms in total. The quantitative estimate of drug-likeness (QED) is 0.710. The predicted molar refractivity (Wildman–Crippen MR) is 75.4 cm³/mol. The first-order valence-electron chi connectivity index (χ1n) is 6.85. The van der Waals surface area contributed by atoms with Crippen LogP contribution in [0, 0.1) is 0 Å². The molecule has 1 N–H and O–H groups in total. The summed E-state index contributed by atoms with van der Waals surface area (Å²) in [4.78, 5) is 5.06. The van der Waals surface area contributed by atoms with E-state index in [4.69, 9.17) is 0 Å². The summed E-state index contributed by atoms with van der Waals surface area (Å²) in [5.74, 6) is 0. The Bertz CT molecular complexity index is 228. The molecule has 1 rings (SSSR count). The smallest absolute Gasteiger partial charge is 0.0203 e. The van der Waals surface area contributed by atoms with Crippen LogP contribution < -0.4 is 5.32 Å². The first kappa shape index (κ1) is 14.7. The van der Waals surface area contributed by atoms with E-state index in [1.807, 2.05) is 0 Å². The largest absolute Gasteiger partial charge is 0.311 e. The number of piperazine rings is 1. The third kappa shape index (κ3) is 5.66. The van der Waals surface area contributed by atoms with Gasteiger partial charge < -0.3 is 5.32 Å². The fourth-order valence-electron chi connectivity index (χ4n) is 2.16. The summed E-state index contributed by atoms with van der Waals surface area (Å²) in [7, 11) is 0. The molecule has 0 aromatic carbocycles. The van der Waals surface area contributed by atoms with Crippen LogP contribution in [0.3, 0.4) is 0 Å². The molecule has 0 aromatic heterocycles. The first-order valence-corrected chi connectivity index (χ1v) is 6.85. The van der Waals surface area contributed by atoms with E-state index in [2.05, 4.69) is 49.4 Å². The lowest BCUT2D eigenvalue weighted by Crippen LogP contribution is -2.49. The molecule has 1 heterocycles. The van der Waals surface area contributed by atoms with Crippen LogP contribution in [0.1, 0.15) is 27.7 Å². The van der Waals surface area contributed by atoms with Crippen molar-refractivity contribution in [3.8, 4) is 0 Å². The van der Waals surface area contributed by atoms with Crippen LogP contribution in [0.25, 0.3) is 0 Å². The van der Waals surface area contributed by atoms with Gasteiger partial charge in [0.1, 0.15) is 0 Å². The van der Waals surface area contributed by atoms with Gasteiger partial charge in [-0.15, -0.1) is 0 Å². The monoisotopic (exact) mass is 239 g/mol. The Morgan fingerprint density at radius 3 is 2.18 bits per heavy atom. The minimum atomic E-state index is 0.546. The normalized spacial score (nSPS) is 19.2. The molecule has 0 aliphatic carbocycles. The average molecular weight is 239 g/mol. The topological polar surface area (TPSA) is 18.5 Å². The van der Waals surface area contributed by atoms with Gasteiger partial charge in [0.25, 0.3) is 0 Å². The first-order chi connectivity index (χ1) is 7.99. The van der Waals surface area contributed by atoms with Gasteiger partial charge in [0, 0.05) is 51.4 Å². The Kier molecular flexibility index (Phi) is 6.17. The fraction of sp³-hybridized carbons (Fsp3) is 0.857. The van der Waals surface area contributed by atoms with Crippen LogP contribution in [-0.4, -0.2) is 61.2 Å². The van der Waals surface area contributed by atoms with Crippen LogP contribution in [0.15, 0.2) is 12.2 Å². The van der Waals surface area contributed by atoms with Crippen molar-refractivity contribution in [3.63, 3.8) is 0 Å². The minimum absolute atomic E-state index is 0.546. The van der Waals surface area contributed by atoms with Gasteiger partial charge >= 0.3 is 0 Å². The van der Waals surface area contributed by atoms with Crippen molar-refractivity contribution in [2.24, 2.45) is 0 Å². The van der Waals surface area contributed by atoms with Gasteiger partial charge in [-0.1, -0.05) is 20.4 Å². The maximum atomic E-state index is 4.16. The Labute approximate surface area is 107 Å². The van der Waals surface area contributed by atoms with Gasteiger partial charge in [0.2, 0.25) is 0 Å². The van der Waals surface area contributed by atoms with Crippen LogP contribution in [-0.2, 0) is 0 Å². The van der Waals surface area contributed by atoms with Gasteiger partial charge in [-0.25, -0.2) is 0 Å². The second-order valence-corrected chi connectivity index (χ2v) is 5.69. The Balaban J connectivity index is 2.19. The summed E-state index contributed by atoms with van der Waals surface area (Å²) < 4.78 is 0. The minimum Gasteiger partial charge on any atom is -0.311 e. The Hall–Kier alpha value is -0.380. The van der Waals surface area contributed by atoms with Gasteiger partial charge in [0.05, 0.1) is 0 Å². The zero-order chi connectivity index (χ0) is 12.8. The van der Waals surface area contributed by atoms with Crippen LogP contribution >= 0.6 is 0 Å². The van der Waals surface area contributed by atoms with E-state index in [1.54, 1.807) is 0 Å². The summed E-state index contributed by atoms with van der Waals surface area (Å²) in [5, 5.41) is 3.43. The van der Waals surface area contributed by atoms with E-state index >= 15 is 0 Å². The van der Waals surface area contributed by atoms with Gasteiger partial charge in [-0.05, 0) is 19.4 Å². The molecule has 1 fully saturated rings. The molecule has 100 valence electrons. The van der Waals surface area contributed by atoms with E-state index in [1.165, 1.54) is 31.8 Å². The zero-order valence-electron chi connectivity index (χ0n) is 12.0.